The molecule has 2 rings (SSSR count). The summed E-state index contributed by atoms with van der Waals surface area (Å²) >= 11 is 0. The van der Waals surface area contributed by atoms with Gasteiger partial charge >= 0.3 is 0 Å². The Morgan fingerprint density at radius 3 is 2.94 bits per heavy atom. The van der Waals surface area contributed by atoms with Crippen LogP contribution < -0.4 is 5.32 Å². The van der Waals surface area contributed by atoms with E-state index in [1.165, 1.54) is 0 Å². The van der Waals surface area contributed by atoms with Crippen LogP contribution in [0.4, 0.5) is 4.39 Å². The Hall–Kier alpha value is -1.75. The molecule has 0 fully saturated rings. The van der Waals surface area contributed by atoms with Crippen LogP contribution in [-0.2, 0) is 6.42 Å². The van der Waals surface area contributed by atoms with E-state index in [2.05, 4.69) is 15.5 Å². The van der Waals surface area contributed by atoms with E-state index in [4.69, 9.17) is 4.42 Å². The van der Waals surface area contributed by atoms with Crippen LogP contribution in [0.25, 0.3) is 11.5 Å². The zero-order chi connectivity index (χ0) is 13.0. The van der Waals surface area contributed by atoms with Crippen molar-refractivity contribution in [2.45, 2.75) is 20.3 Å². The van der Waals surface area contributed by atoms with Crippen LogP contribution in [0.3, 0.4) is 0 Å². The van der Waals surface area contributed by atoms with Crippen LogP contribution in [0.15, 0.2) is 22.6 Å². The predicted octanol–water partition coefficient (Wildman–Crippen LogP) is 2.34. The molecule has 18 heavy (non-hydrogen) atoms. The molecule has 0 unspecified atom stereocenters. The molecule has 1 aromatic carbocycles. The van der Waals surface area contributed by atoms with Crippen LogP contribution in [0.5, 0.6) is 0 Å². The lowest BCUT2D eigenvalue weighted by atomic mass is 10.1. The van der Waals surface area contributed by atoms with Crippen LogP contribution in [0.1, 0.15) is 18.4 Å². The fraction of sp³-hybridized carbons (Fsp3) is 0.385. The summed E-state index contributed by atoms with van der Waals surface area (Å²) in [6, 6.07) is 5.13. The molecule has 0 bridgehead atoms. The summed E-state index contributed by atoms with van der Waals surface area (Å²) < 4.78 is 19.3. The third-order valence-electron chi connectivity index (χ3n) is 2.65. The van der Waals surface area contributed by atoms with Crippen molar-refractivity contribution in [3.63, 3.8) is 0 Å². The Balaban J connectivity index is 2.16. The van der Waals surface area contributed by atoms with Crippen molar-refractivity contribution < 1.29 is 8.81 Å². The van der Waals surface area contributed by atoms with E-state index in [1.54, 1.807) is 25.1 Å². The maximum atomic E-state index is 13.9. The van der Waals surface area contributed by atoms with Crippen molar-refractivity contribution in [2.24, 2.45) is 0 Å². The van der Waals surface area contributed by atoms with Crippen molar-refractivity contribution in [1.29, 1.82) is 0 Å². The lowest BCUT2D eigenvalue weighted by molar-refractivity contribution is 0.492. The first kappa shape index (κ1) is 12.7. The highest BCUT2D eigenvalue weighted by Gasteiger charge is 2.13. The van der Waals surface area contributed by atoms with Crippen LogP contribution in [0, 0.1) is 12.7 Å². The monoisotopic (exact) mass is 249 g/mol. The van der Waals surface area contributed by atoms with E-state index in [9.17, 15) is 4.39 Å². The smallest absolute Gasteiger partial charge is 0.250 e. The normalized spacial score (nSPS) is 10.8. The highest BCUT2D eigenvalue weighted by molar-refractivity contribution is 5.55. The second kappa shape index (κ2) is 5.73. The third-order valence-corrected chi connectivity index (χ3v) is 2.65. The average molecular weight is 249 g/mol. The molecule has 0 aliphatic heterocycles. The maximum absolute atomic E-state index is 13.9. The number of aryl methyl sites for hydroxylation is 1. The van der Waals surface area contributed by atoms with Crippen molar-refractivity contribution >= 4 is 0 Å². The summed E-state index contributed by atoms with van der Waals surface area (Å²) in [7, 11) is 0. The fourth-order valence-corrected chi connectivity index (χ4v) is 1.65. The number of benzene rings is 1. The van der Waals surface area contributed by atoms with E-state index in [-0.39, 0.29) is 11.7 Å². The molecule has 1 aromatic heterocycles. The number of hydrogen-bond acceptors (Lipinski definition) is 4. The van der Waals surface area contributed by atoms with Gasteiger partial charge in [0.2, 0.25) is 5.89 Å². The molecule has 0 amide bonds. The Morgan fingerprint density at radius 2 is 2.17 bits per heavy atom. The zero-order valence-electron chi connectivity index (χ0n) is 10.5. The van der Waals surface area contributed by atoms with Gasteiger partial charge in [-0.3, -0.25) is 0 Å². The molecule has 4 nitrogen and oxygen atoms in total. The summed E-state index contributed by atoms with van der Waals surface area (Å²) in [6.45, 7) is 5.41. The van der Waals surface area contributed by atoms with Gasteiger partial charge in [0.15, 0.2) is 0 Å². The molecule has 2 aromatic rings. The highest BCUT2D eigenvalue weighted by atomic mass is 19.1. The van der Waals surface area contributed by atoms with Crippen molar-refractivity contribution in [1.82, 2.24) is 15.5 Å². The minimum absolute atomic E-state index is 0.239. The van der Waals surface area contributed by atoms with E-state index in [1.807, 2.05) is 6.92 Å². The van der Waals surface area contributed by atoms with Crippen LogP contribution in [0.2, 0.25) is 0 Å². The molecular formula is C13H16FN3O. The molecule has 0 aliphatic carbocycles. The topological polar surface area (TPSA) is 51.0 Å². The molecule has 1 N–H and O–H groups in total. The van der Waals surface area contributed by atoms with Gasteiger partial charge in [-0.1, -0.05) is 19.1 Å². The molecule has 1 heterocycles. The summed E-state index contributed by atoms with van der Waals surface area (Å²) in [5.41, 5.74) is 0.928. The Labute approximate surface area is 105 Å². The SMILES string of the molecule is CCNCCc1nnc(-c2cccc(C)c2F)o1. The summed E-state index contributed by atoms with van der Waals surface area (Å²) in [4.78, 5) is 0. The first-order chi connectivity index (χ1) is 8.72. The second-order valence-corrected chi connectivity index (χ2v) is 4.04. The average Bonchev–Trinajstić information content (AvgIpc) is 2.82. The number of nitrogens with one attached hydrogen (secondary N) is 1. The number of likely N-dealkylation sites (N-methyl/N-ethyl adjacent to an activating group) is 1. The van der Waals surface area contributed by atoms with Gasteiger partial charge in [-0.15, -0.1) is 10.2 Å². The lowest BCUT2D eigenvalue weighted by Crippen LogP contribution is -2.16. The molecule has 96 valence electrons. The second-order valence-electron chi connectivity index (χ2n) is 4.04. The Kier molecular flexibility index (Phi) is 4.04. The van der Waals surface area contributed by atoms with Gasteiger partial charge in [0.05, 0.1) is 5.56 Å². The van der Waals surface area contributed by atoms with Gasteiger partial charge in [-0.05, 0) is 25.1 Å². The lowest BCUT2D eigenvalue weighted by Gasteiger charge is -2.00. The summed E-state index contributed by atoms with van der Waals surface area (Å²) in [6.07, 6.45) is 0.647. The van der Waals surface area contributed by atoms with E-state index < -0.39 is 0 Å². The van der Waals surface area contributed by atoms with Gasteiger partial charge in [0, 0.05) is 13.0 Å². The van der Waals surface area contributed by atoms with Gasteiger partial charge in [-0.25, -0.2) is 4.39 Å². The minimum atomic E-state index is -0.306. The van der Waals surface area contributed by atoms with Crippen LogP contribution >= 0.6 is 0 Å². The van der Waals surface area contributed by atoms with Crippen molar-refractivity contribution in [2.75, 3.05) is 13.1 Å². The minimum Gasteiger partial charge on any atom is -0.421 e. The van der Waals surface area contributed by atoms with Gasteiger partial charge < -0.3 is 9.73 Å². The van der Waals surface area contributed by atoms with Crippen molar-refractivity contribution in [3.8, 4) is 11.5 Å². The van der Waals surface area contributed by atoms with Gasteiger partial charge in [0.25, 0.3) is 5.89 Å². The first-order valence-electron chi connectivity index (χ1n) is 6.01. The molecule has 0 saturated carbocycles. The number of rotatable bonds is 5. The zero-order valence-corrected chi connectivity index (χ0v) is 10.5. The first-order valence-corrected chi connectivity index (χ1v) is 6.01. The largest absolute Gasteiger partial charge is 0.421 e. The predicted molar refractivity (Wildman–Crippen MR) is 66.7 cm³/mol. The van der Waals surface area contributed by atoms with E-state index in [0.717, 1.165) is 13.1 Å². The standard InChI is InChI=1S/C13H16FN3O/c1-3-15-8-7-11-16-17-13(18-11)10-6-4-5-9(2)12(10)14/h4-6,15H,3,7-8H2,1-2H3. The van der Waals surface area contributed by atoms with Crippen molar-refractivity contribution in [3.05, 3.63) is 35.5 Å². The fourth-order valence-electron chi connectivity index (χ4n) is 1.65. The highest BCUT2D eigenvalue weighted by Crippen LogP contribution is 2.23. The number of nitrogens with zero attached hydrogens (tertiary/aromatic N) is 2. The van der Waals surface area contributed by atoms with E-state index in [0.29, 0.717) is 23.4 Å². The number of aromatic nitrogens is 2. The molecule has 0 spiro atoms. The molecular weight excluding hydrogens is 233 g/mol. The summed E-state index contributed by atoms with van der Waals surface area (Å²) in [5.74, 6) is 0.453. The number of hydrogen-bond donors (Lipinski definition) is 1. The van der Waals surface area contributed by atoms with E-state index >= 15 is 0 Å². The quantitative estimate of drug-likeness (QED) is 0.826. The van der Waals surface area contributed by atoms with Gasteiger partial charge in [0.1, 0.15) is 5.82 Å². The Bertz CT molecular complexity index is 525. The number of halogens is 1. The molecule has 0 aliphatic rings. The summed E-state index contributed by atoms with van der Waals surface area (Å²) in [5, 5.41) is 11.0. The Morgan fingerprint density at radius 1 is 1.33 bits per heavy atom. The maximum Gasteiger partial charge on any atom is 0.250 e. The molecule has 5 heteroatoms. The van der Waals surface area contributed by atoms with Crippen LogP contribution in [-0.4, -0.2) is 23.3 Å². The molecule has 0 radical (unpaired) electrons. The third kappa shape index (κ3) is 2.73. The van der Waals surface area contributed by atoms with Gasteiger partial charge in [-0.2, -0.15) is 0 Å². The molecule has 0 saturated heterocycles. The molecule has 0 atom stereocenters.